The van der Waals surface area contributed by atoms with Crippen LogP contribution in [0.4, 0.5) is 0 Å². The average molecular weight is 220 g/mol. The molecule has 3 N–H and O–H groups in total. The van der Waals surface area contributed by atoms with Crippen LogP contribution in [0, 0.1) is 39.9 Å². The Morgan fingerprint density at radius 1 is 1.53 bits per heavy atom. The molecule has 0 bridgehead atoms. The molecule has 78 valence electrons. The van der Waals surface area contributed by atoms with Gasteiger partial charge in [-0.1, -0.05) is 25.1 Å². The first-order chi connectivity index (χ1) is 7.15. The Kier molecular flexibility index (Phi) is 3.76. The highest BCUT2D eigenvalue weighted by atomic mass is 32.2. The van der Waals surface area contributed by atoms with E-state index in [4.69, 9.17) is 21.7 Å². The average Bonchev–Trinajstić information content (AvgIpc) is 2.18. The zero-order chi connectivity index (χ0) is 11.4. The normalized spacial score (nSPS) is 25.9. The number of thioether (sulfide) groups is 1. The highest BCUT2D eigenvalue weighted by Crippen LogP contribution is 2.38. The highest BCUT2D eigenvalue weighted by molar-refractivity contribution is 8.17. The molecule has 0 aromatic rings. The van der Waals surface area contributed by atoms with Crippen LogP contribution in [0.1, 0.15) is 19.8 Å². The maximum Gasteiger partial charge on any atom is 0.102 e. The SMILES string of the molecule is CCC[C@H]1C(C#N)=C(N)SC(=N)[C@H]1C#N. The number of allylic oxidation sites excluding steroid dienone is 1. The molecular formula is C10H12N4S. The highest BCUT2D eigenvalue weighted by Gasteiger charge is 2.34. The summed E-state index contributed by atoms with van der Waals surface area (Å²) >= 11 is 1.03. The van der Waals surface area contributed by atoms with Gasteiger partial charge in [-0.3, -0.25) is 5.41 Å². The van der Waals surface area contributed by atoms with Crippen LogP contribution in [0.25, 0.3) is 0 Å². The Bertz CT molecular complexity index is 385. The van der Waals surface area contributed by atoms with Gasteiger partial charge in [-0.25, -0.2) is 0 Å². The maximum atomic E-state index is 8.98. The summed E-state index contributed by atoms with van der Waals surface area (Å²) in [6.45, 7) is 1.99. The standard InChI is InChI=1S/C10H12N4S/c1-2-3-6-7(4-11)9(13)15-10(14)8(6)5-12/h6-7,13H,2-3,14H2,1H3/t6-,7+/m1/s1. The lowest BCUT2D eigenvalue weighted by Crippen LogP contribution is -2.28. The van der Waals surface area contributed by atoms with Gasteiger partial charge < -0.3 is 5.73 Å². The largest absolute Gasteiger partial charge is 0.392 e. The Balaban J connectivity index is 3.12. The third-order valence-corrected chi connectivity index (χ3v) is 3.31. The van der Waals surface area contributed by atoms with Crippen molar-refractivity contribution in [3.63, 3.8) is 0 Å². The molecule has 0 aliphatic carbocycles. The molecule has 1 heterocycles. The van der Waals surface area contributed by atoms with Gasteiger partial charge in [0.2, 0.25) is 0 Å². The minimum absolute atomic E-state index is 0.196. The fourth-order valence-electron chi connectivity index (χ4n) is 1.68. The second kappa shape index (κ2) is 4.86. The Morgan fingerprint density at radius 2 is 2.20 bits per heavy atom. The summed E-state index contributed by atoms with van der Waals surface area (Å²) in [5, 5.41) is 26.3. The number of nitrogens with two attached hydrogens (primary N) is 1. The topological polar surface area (TPSA) is 97.4 Å². The van der Waals surface area contributed by atoms with E-state index in [1.807, 2.05) is 6.92 Å². The van der Waals surface area contributed by atoms with Crippen LogP contribution in [0.3, 0.4) is 0 Å². The second-order valence-corrected chi connectivity index (χ2v) is 4.44. The van der Waals surface area contributed by atoms with Crippen LogP contribution in [-0.4, -0.2) is 5.04 Å². The van der Waals surface area contributed by atoms with Gasteiger partial charge in [0.05, 0.1) is 27.8 Å². The predicted molar refractivity (Wildman–Crippen MR) is 59.6 cm³/mol. The Labute approximate surface area is 93.3 Å². The molecule has 1 aliphatic heterocycles. The number of rotatable bonds is 2. The van der Waals surface area contributed by atoms with Crippen LogP contribution >= 0.6 is 11.8 Å². The number of nitrogens with zero attached hydrogens (tertiary/aromatic N) is 2. The molecule has 0 saturated carbocycles. The van der Waals surface area contributed by atoms with Crippen molar-refractivity contribution in [1.82, 2.24) is 0 Å². The Hall–Kier alpha value is -1.46. The predicted octanol–water partition coefficient (Wildman–Crippen LogP) is 1.96. The smallest absolute Gasteiger partial charge is 0.102 e. The van der Waals surface area contributed by atoms with E-state index >= 15 is 0 Å². The number of hydrogen-bond acceptors (Lipinski definition) is 5. The lowest BCUT2D eigenvalue weighted by atomic mass is 9.84. The minimum atomic E-state index is -0.503. The molecular weight excluding hydrogens is 208 g/mol. The van der Waals surface area contributed by atoms with Crippen molar-refractivity contribution in [2.75, 3.05) is 0 Å². The summed E-state index contributed by atoms with van der Waals surface area (Å²) in [5.41, 5.74) is 6.16. The fraction of sp³-hybridized carbons (Fsp3) is 0.500. The van der Waals surface area contributed by atoms with Gasteiger partial charge in [-0.05, 0) is 6.42 Å². The molecule has 0 amide bonds. The molecule has 2 atom stereocenters. The zero-order valence-corrected chi connectivity index (χ0v) is 9.27. The number of nitriles is 2. The van der Waals surface area contributed by atoms with E-state index in [1.54, 1.807) is 0 Å². The molecule has 0 fully saturated rings. The molecule has 0 saturated heterocycles. The molecule has 0 aromatic carbocycles. The van der Waals surface area contributed by atoms with E-state index in [0.29, 0.717) is 10.6 Å². The van der Waals surface area contributed by atoms with E-state index in [1.165, 1.54) is 0 Å². The van der Waals surface area contributed by atoms with Crippen LogP contribution < -0.4 is 5.73 Å². The molecule has 0 aromatic heterocycles. The first-order valence-electron chi connectivity index (χ1n) is 4.71. The van der Waals surface area contributed by atoms with E-state index < -0.39 is 5.92 Å². The second-order valence-electron chi connectivity index (χ2n) is 3.36. The van der Waals surface area contributed by atoms with Crippen LogP contribution in [0.2, 0.25) is 0 Å². The van der Waals surface area contributed by atoms with Gasteiger partial charge in [0, 0.05) is 5.92 Å². The van der Waals surface area contributed by atoms with Crippen molar-refractivity contribution < 1.29 is 0 Å². The van der Waals surface area contributed by atoms with Crippen molar-refractivity contribution in [1.29, 1.82) is 15.9 Å². The molecule has 15 heavy (non-hydrogen) atoms. The van der Waals surface area contributed by atoms with Crippen molar-refractivity contribution >= 4 is 16.8 Å². The molecule has 1 aliphatic rings. The summed E-state index contributed by atoms with van der Waals surface area (Å²) in [4.78, 5) is 0. The minimum Gasteiger partial charge on any atom is -0.392 e. The molecule has 0 spiro atoms. The number of nitrogens with one attached hydrogen (secondary N) is 1. The van der Waals surface area contributed by atoms with Gasteiger partial charge in [0.1, 0.15) is 5.92 Å². The summed E-state index contributed by atoms with van der Waals surface area (Å²) in [6, 6.07) is 4.15. The van der Waals surface area contributed by atoms with Gasteiger partial charge in [-0.15, -0.1) is 0 Å². The van der Waals surface area contributed by atoms with Crippen LogP contribution in [-0.2, 0) is 0 Å². The zero-order valence-electron chi connectivity index (χ0n) is 8.45. The quantitative estimate of drug-likeness (QED) is 0.743. The first-order valence-corrected chi connectivity index (χ1v) is 5.53. The van der Waals surface area contributed by atoms with E-state index in [0.717, 1.165) is 24.6 Å². The van der Waals surface area contributed by atoms with Gasteiger partial charge in [0.25, 0.3) is 0 Å². The van der Waals surface area contributed by atoms with Crippen molar-refractivity contribution in [2.45, 2.75) is 19.8 Å². The molecule has 0 radical (unpaired) electrons. The van der Waals surface area contributed by atoms with Crippen molar-refractivity contribution in [3.05, 3.63) is 10.6 Å². The van der Waals surface area contributed by atoms with E-state index in [-0.39, 0.29) is 11.0 Å². The lowest BCUT2D eigenvalue weighted by Gasteiger charge is -2.26. The fourth-order valence-corrected chi connectivity index (χ4v) is 2.57. The number of hydrogen-bond donors (Lipinski definition) is 2. The maximum absolute atomic E-state index is 8.98. The Morgan fingerprint density at radius 3 is 2.67 bits per heavy atom. The van der Waals surface area contributed by atoms with E-state index in [9.17, 15) is 0 Å². The summed E-state index contributed by atoms with van der Waals surface area (Å²) in [5.74, 6) is -0.698. The van der Waals surface area contributed by atoms with Gasteiger partial charge >= 0.3 is 0 Å². The van der Waals surface area contributed by atoms with Gasteiger partial charge in [-0.2, -0.15) is 10.5 Å². The monoisotopic (exact) mass is 220 g/mol. The van der Waals surface area contributed by atoms with Gasteiger partial charge in [0.15, 0.2) is 0 Å². The summed E-state index contributed by atoms with van der Waals surface area (Å²) in [6.07, 6.45) is 1.60. The molecule has 1 rings (SSSR count). The third kappa shape index (κ3) is 2.14. The van der Waals surface area contributed by atoms with Crippen LogP contribution in [0.5, 0.6) is 0 Å². The molecule has 4 nitrogen and oxygen atoms in total. The van der Waals surface area contributed by atoms with E-state index in [2.05, 4.69) is 12.1 Å². The molecule has 0 unspecified atom stereocenters. The summed E-state index contributed by atoms with van der Waals surface area (Å²) in [7, 11) is 0. The molecule has 5 heteroatoms. The summed E-state index contributed by atoms with van der Waals surface area (Å²) < 4.78 is 0. The van der Waals surface area contributed by atoms with Crippen molar-refractivity contribution in [2.24, 2.45) is 17.6 Å². The third-order valence-electron chi connectivity index (χ3n) is 2.40. The lowest BCUT2D eigenvalue weighted by molar-refractivity contribution is 0.515. The first kappa shape index (κ1) is 11.6. The van der Waals surface area contributed by atoms with Crippen molar-refractivity contribution in [3.8, 4) is 12.1 Å². The van der Waals surface area contributed by atoms with Crippen LogP contribution in [0.15, 0.2) is 10.6 Å².